The van der Waals surface area contributed by atoms with E-state index in [1.54, 1.807) is 31.2 Å². The van der Waals surface area contributed by atoms with Gasteiger partial charge in [-0.3, -0.25) is 9.59 Å². The molecule has 188 valence electrons. The predicted octanol–water partition coefficient (Wildman–Crippen LogP) is 5.16. The first-order valence-electron chi connectivity index (χ1n) is 11.8. The van der Waals surface area contributed by atoms with Crippen molar-refractivity contribution in [3.05, 3.63) is 106 Å². The number of amides is 2. The molecule has 0 spiro atoms. The molecule has 0 heterocycles. The number of halogens is 1. The van der Waals surface area contributed by atoms with Crippen molar-refractivity contribution in [2.45, 2.75) is 50.6 Å². The Morgan fingerprint density at radius 2 is 1.19 bits per heavy atom. The number of hydrogen-bond acceptors (Lipinski definition) is 3. The third kappa shape index (κ3) is 7.28. The van der Waals surface area contributed by atoms with Gasteiger partial charge in [-0.05, 0) is 74.9 Å². The lowest BCUT2D eigenvalue weighted by Gasteiger charge is -2.35. The van der Waals surface area contributed by atoms with Crippen molar-refractivity contribution in [2.75, 3.05) is 0 Å². The van der Waals surface area contributed by atoms with Gasteiger partial charge in [0.25, 0.3) is 5.91 Å². The van der Waals surface area contributed by atoms with Crippen LogP contribution in [0.2, 0.25) is 0 Å². The molecule has 3 N–H and O–H groups in total. The fourth-order valence-electron chi connectivity index (χ4n) is 3.85. The van der Waals surface area contributed by atoms with Crippen molar-refractivity contribution in [2.24, 2.45) is 0 Å². The number of rotatable bonds is 11. The van der Waals surface area contributed by atoms with Crippen molar-refractivity contribution >= 4 is 33.7 Å². The van der Waals surface area contributed by atoms with E-state index in [1.165, 1.54) is 6.92 Å². The molecular formula is C29H31BrN2O4. The van der Waals surface area contributed by atoms with Crippen LogP contribution in [-0.2, 0) is 22.4 Å². The predicted molar refractivity (Wildman–Crippen MR) is 144 cm³/mol. The van der Waals surface area contributed by atoms with Gasteiger partial charge < -0.3 is 15.7 Å². The van der Waals surface area contributed by atoms with Crippen LogP contribution < -0.4 is 10.6 Å². The second kappa shape index (κ2) is 12.0. The summed E-state index contributed by atoms with van der Waals surface area (Å²) < 4.78 is 0.833. The summed E-state index contributed by atoms with van der Waals surface area (Å²) in [5.74, 6) is -2.08. The first-order chi connectivity index (χ1) is 17.1. The number of nitrogens with one attached hydrogen (secondary N) is 2. The Bertz CT molecular complexity index is 1180. The molecule has 0 saturated heterocycles. The number of carbonyl (C=O) groups is 3. The van der Waals surface area contributed by atoms with Crippen LogP contribution in [-0.4, -0.2) is 34.0 Å². The number of carbonyl (C=O) groups excluding carboxylic acids is 2. The zero-order valence-electron chi connectivity index (χ0n) is 20.5. The molecule has 0 bridgehead atoms. The maximum atomic E-state index is 13.6. The maximum Gasteiger partial charge on any atom is 0.329 e. The minimum Gasteiger partial charge on any atom is -0.480 e. The fraction of sp³-hybridized carbons (Fsp3) is 0.276. The molecule has 2 atom stereocenters. The Kier molecular flexibility index (Phi) is 9.04. The minimum absolute atomic E-state index is 0.202. The van der Waals surface area contributed by atoms with Crippen LogP contribution >= 0.6 is 15.9 Å². The number of benzene rings is 3. The average molecular weight is 551 g/mol. The molecule has 0 fully saturated rings. The van der Waals surface area contributed by atoms with E-state index in [0.29, 0.717) is 24.8 Å². The average Bonchev–Trinajstić information content (AvgIpc) is 2.87. The normalized spacial score (nSPS) is 14.2. The lowest BCUT2D eigenvalue weighted by molar-refractivity contribution is -0.148. The van der Waals surface area contributed by atoms with Gasteiger partial charge in [-0.15, -0.1) is 0 Å². The SMILES string of the molecule is C[C@@](CCc1ccccc1)(NC(=O)[C@](C)(CCc1ccccc1)NC(=O)c1ccc(Br)cc1)C(=O)O. The highest BCUT2D eigenvalue weighted by Gasteiger charge is 2.42. The largest absolute Gasteiger partial charge is 0.480 e. The summed E-state index contributed by atoms with van der Waals surface area (Å²) in [5.41, 5.74) is -0.455. The standard InChI is InChI=1S/C29H31BrN2O4/c1-28(19-17-21-9-5-3-6-10-21,31-25(33)23-13-15-24(30)16-14-23)26(34)32-29(2,27(35)36)20-18-22-11-7-4-8-12-22/h3-16H,17-20H2,1-2H3,(H,31,33)(H,32,34)(H,35,36)/t28-,29-/m0/s1. The Labute approximate surface area is 220 Å². The first kappa shape index (κ1) is 27.1. The van der Waals surface area contributed by atoms with E-state index in [2.05, 4.69) is 26.6 Å². The van der Waals surface area contributed by atoms with E-state index in [1.807, 2.05) is 60.7 Å². The van der Waals surface area contributed by atoms with Crippen LogP contribution in [0, 0.1) is 0 Å². The molecule has 0 radical (unpaired) electrons. The van der Waals surface area contributed by atoms with E-state index < -0.39 is 28.9 Å². The molecule has 0 aromatic heterocycles. The summed E-state index contributed by atoms with van der Waals surface area (Å²) in [6.07, 6.45) is 1.50. The van der Waals surface area contributed by atoms with Crippen LogP contribution in [0.5, 0.6) is 0 Å². The van der Waals surface area contributed by atoms with Gasteiger partial charge in [0.2, 0.25) is 5.91 Å². The summed E-state index contributed by atoms with van der Waals surface area (Å²) in [5, 5.41) is 15.6. The van der Waals surface area contributed by atoms with Gasteiger partial charge in [0.1, 0.15) is 11.1 Å². The zero-order valence-corrected chi connectivity index (χ0v) is 22.0. The smallest absolute Gasteiger partial charge is 0.329 e. The Balaban J connectivity index is 1.82. The molecule has 0 aliphatic carbocycles. The molecule has 2 amide bonds. The highest BCUT2D eigenvalue weighted by Crippen LogP contribution is 2.21. The van der Waals surface area contributed by atoms with Gasteiger partial charge in [0.05, 0.1) is 0 Å². The van der Waals surface area contributed by atoms with Crippen LogP contribution in [0.25, 0.3) is 0 Å². The van der Waals surface area contributed by atoms with Crippen molar-refractivity contribution in [1.82, 2.24) is 10.6 Å². The monoisotopic (exact) mass is 550 g/mol. The van der Waals surface area contributed by atoms with Gasteiger partial charge in [-0.2, -0.15) is 0 Å². The molecule has 3 rings (SSSR count). The van der Waals surface area contributed by atoms with E-state index in [0.717, 1.165) is 15.6 Å². The van der Waals surface area contributed by atoms with E-state index in [4.69, 9.17) is 0 Å². The van der Waals surface area contributed by atoms with Crippen molar-refractivity contribution in [3.63, 3.8) is 0 Å². The molecular weight excluding hydrogens is 520 g/mol. The number of carboxylic acids is 1. The van der Waals surface area contributed by atoms with Crippen LogP contribution in [0.1, 0.15) is 48.2 Å². The summed E-state index contributed by atoms with van der Waals surface area (Å²) in [6, 6.07) is 26.0. The van der Waals surface area contributed by atoms with E-state index >= 15 is 0 Å². The summed E-state index contributed by atoms with van der Waals surface area (Å²) >= 11 is 3.36. The molecule has 36 heavy (non-hydrogen) atoms. The van der Waals surface area contributed by atoms with Crippen LogP contribution in [0.15, 0.2) is 89.4 Å². The second-order valence-corrected chi connectivity index (χ2v) is 10.3. The molecule has 0 unspecified atom stereocenters. The summed E-state index contributed by atoms with van der Waals surface area (Å²) in [4.78, 5) is 39.0. The molecule has 7 heteroatoms. The van der Waals surface area contributed by atoms with Gasteiger partial charge in [0.15, 0.2) is 0 Å². The molecule has 3 aromatic carbocycles. The van der Waals surface area contributed by atoms with E-state index in [9.17, 15) is 19.5 Å². The Morgan fingerprint density at radius 3 is 1.67 bits per heavy atom. The first-order valence-corrected chi connectivity index (χ1v) is 12.6. The van der Waals surface area contributed by atoms with Crippen molar-refractivity contribution in [1.29, 1.82) is 0 Å². The zero-order chi connectivity index (χ0) is 26.2. The minimum atomic E-state index is -1.51. The lowest BCUT2D eigenvalue weighted by atomic mass is 9.88. The molecule has 6 nitrogen and oxygen atoms in total. The molecule has 0 aliphatic heterocycles. The highest BCUT2D eigenvalue weighted by molar-refractivity contribution is 9.10. The third-order valence-electron chi connectivity index (χ3n) is 6.37. The van der Waals surface area contributed by atoms with Gasteiger partial charge >= 0.3 is 5.97 Å². The second-order valence-electron chi connectivity index (χ2n) is 9.36. The topological polar surface area (TPSA) is 95.5 Å². The van der Waals surface area contributed by atoms with Crippen LogP contribution in [0.4, 0.5) is 0 Å². The number of aliphatic carboxylic acids is 1. The van der Waals surface area contributed by atoms with E-state index in [-0.39, 0.29) is 6.42 Å². The fourth-order valence-corrected chi connectivity index (χ4v) is 4.11. The third-order valence-corrected chi connectivity index (χ3v) is 6.90. The van der Waals surface area contributed by atoms with Gasteiger partial charge in [0, 0.05) is 10.0 Å². The number of hydrogen-bond donors (Lipinski definition) is 3. The summed E-state index contributed by atoms with van der Waals surface area (Å²) in [7, 11) is 0. The van der Waals surface area contributed by atoms with Gasteiger partial charge in [-0.1, -0.05) is 76.6 Å². The van der Waals surface area contributed by atoms with Crippen LogP contribution in [0.3, 0.4) is 0 Å². The van der Waals surface area contributed by atoms with Gasteiger partial charge in [-0.25, -0.2) is 4.79 Å². The Morgan fingerprint density at radius 1 is 0.722 bits per heavy atom. The molecule has 0 saturated carbocycles. The summed E-state index contributed by atoms with van der Waals surface area (Å²) in [6.45, 7) is 3.14. The number of aryl methyl sites for hydroxylation is 2. The maximum absolute atomic E-state index is 13.6. The quantitative estimate of drug-likeness (QED) is 0.307. The molecule has 0 aliphatic rings. The number of carboxylic acid groups (broad SMARTS) is 1. The molecule has 3 aromatic rings. The highest BCUT2D eigenvalue weighted by atomic mass is 79.9. The Hall–Kier alpha value is -3.45. The van der Waals surface area contributed by atoms with Crippen molar-refractivity contribution in [3.8, 4) is 0 Å². The van der Waals surface area contributed by atoms with Crippen molar-refractivity contribution < 1.29 is 19.5 Å². The lowest BCUT2D eigenvalue weighted by Crippen LogP contribution is -2.63.